The lowest BCUT2D eigenvalue weighted by Crippen LogP contribution is -2.49. The van der Waals surface area contributed by atoms with E-state index >= 15 is 0 Å². The molecule has 1 aromatic carbocycles. The number of cyclic esters (lactones) is 1. The average Bonchev–Trinajstić information content (AvgIpc) is 2.74. The summed E-state index contributed by atoms with van der Waals surface area (Å²) in [6.45, 7) is 7.19. The quantitative estimate of drug-likeness (QED) is 0.851. The van der Waals surface area contributed by atoms with Gasteiger partial charge in [0.2, 0.25) is 6.17 Å². The number of rotatable bonds is 4. The SMILES string of the molecule is COc1ccc(C(F)C(=O)N2C(=O)OC(C)(C)C2C(C)C)cc1. The maximum atomic E-state index is 14.6. The van der Waals surface area contributed by atoms with E-state index in [1.165, 1.54) is 19.2 Å². The third-order valence-corrected chi connectivity index (χ3v) is 4.03. The molecule has 0 radical (unpaired) electrons. The van der Waals surface area contributed by atoms with E-state index in [-0.39, 0.29) is 11.5 Å². The van der Waals surface area contributed by atoms with Crippen LogP contribution in [0.25, 0.3) is 0 Å². The molecule has 0 saturated carbocycles. The molecule has 23 heavy (non-hydrogen) atoms. The van der Waals surface area contributed by atoms with Crippen LogP contribution in [-0.2, 0) is 9.53 Å². The van der Waals surface area contributed by atoms with Gasteiger partial charge in [-0.05, 0) is 37.5 Å². The smallest absolute Gasteiger partial charge is 0.417 e. The van der Waals surface area contributed by atoms with Crippen molar-refractivity contribution in [2.45, 2.75) is 45.5 Å². The molecule has 1 saturated heterocycles. The summed E-state index contributed by atoms with van der Waals surface area (Å²) in [6, 6.07) is 5.57. The number of carbonyl (C=O) groups is 2. The lowest BCUT2D eigenvalue weighted by Gasteiger charge is -2.31. The maximum absolute atomic E-state index is 14.6. The molecule has 0 bridgehead atoms. The molecule has 2 amide bonds. The van der Waals surface area contributed by atoms with Gasteiger partial charge in [0.25, 0.3) is 5.91 Å². The predicted molar refractivity (Wildman–Crippen MR) is 82.9 cm³/mol. The van der Waals surface area contributed by atoms with Gasteiger partial charge in [0.1, 0.15) is 11.4 Å². The Labute approximate surface area is 135 Å². The Balaban J connectivity index is 2.28. The monoisotopic (exact) mass is 323 g/mol. The van der Waals surface area contributed by atoms with Gasteiger partial charge in [-0.1, -0.05) is 26.0 Å². The normalized spacial score (nSPS) is 21.3. The van der Waals surface area contributed by atoms with Crippen LogP contribution in [-0.4, -0.2) is 35.7 Å². The van der Waals surface area contributed by atoms with Gasteiger partial charge < -0.3 is 9.47 Å². The van der Waals surface area contributed by atoms with Crippen LogP contribution in [0.3, 0.4) is 0 Å². The molecule has 1 aliphatic rings. The first-order chi connectivity index (χ1) is 10.7. The van der Waals surface area contributed by atoms with Crippen LogP contribution in [0.15, 0.2) is 24.3 Å². The Hall–Kier alpha value is -2.11. The Morgan fingerprint density at radius 3 is 2.35 bits per heavy atom. The first-order valence-corrected chi connectivity index (χ1v) is 7.53. The second-order valence-electron chi connectivity index (χ2n) is 6.50. The molecule has 5 nitrogen and oxygen atoms in total. The summed E-state index contributed by atoms with van der Waals surface area (Å²) in [5.41, 5.74) is -0.670. The fourth-order valence-electron chi connectivity index (χ4n) is 3.12. The van der Waals surface area contributed by atoms with Crippen LogP contribution < -0.4 is 4.74 Å². The molecule has 1 aromatic rings. The molecule has 2 unspecified atom stereocenters. The lowest BCUT2D eigenvalue weighted by atomic mass is 9.88. The molecule has 2 rings (SSSR count). The molecule has 2 atom stereocenters. The Bertz CT molecular complexity index is 597. The summed E-state index contributed by atoms with van der Waals surface area (Å²) >= 11 is 0. The number of amides is 2. The standard InChI is InChI=1S/C17H22FNO4/c1-10(2)14-17(3,4)23-16(21)19(14)15(20)13(18)11-6-8-12(22-5)9-7-11/h6-10,13-14H,1-5H3. The lowest BCUT2D eigenvalue weighted by molar-refractivity contribution is -0.136. The largest absolute Gasteiger partial charge is 0.497 e. The van der Waals surface area contributed by atoms with Gasteiger partial charge in [-0.2, -0.15) is 0 Å². The van der Waals surface area contributed by atoms with E-state index in [9.17, 15) is 14.0 Å². The van der Waals surface area contributed by atoms with E-state index in [1.807, 2.05) is 13.8 Å². The number of carbonyl (C=O) groups excluding carboxylic acids is 2. The zero-order valence-corrected chi connectivity index (χ0v) is 14.0. The summed E-state index contributed by atoms with van der Waals surface area (Å²) in [5, 5.41) is 0. The Kier molecular flexibility index (Phi) is 4.63. The fourth-order valence-corrected chi connectivity index (χ4v) is 3.12. The number of alkyl halides is 1. The summed E-state index contributed by atoms with van der Waals surface area (Å²) in [4.78, 5) is 25.5. The third kappa shape index (κ3) is 3.16. The highest BCUT2D eigenvalue weighted by Gasteiger charge is 2.53. The van der Waals surface area contributed by atoms with Crippen molar-refractivity contribution in [3.8, 4) is 5.75 Å². The predicted octanol–water partition coefficient (Wildman–Crippen LogP) is 3.49. The maximum Gasteiger partial charge on any atom is 0.417 e. The van der Waals surface area contributed by atoms with Crippen LogP contribution >= 0.6 is 0 Å². The molecule has 6 heteroatoms. The summed E-state index contributed by atoms with van der Waals surface area (Å²) < 4.78 is 24.9. The minimum atomic E-state index is -1.93. The number of imide groups is 1. The molecular formula is C17H22FNO4. The first-order valence-electron chi connectivity index (χ1n) is 7.53. The van der Waals surface area contributed by atoms with E-state index < -0.39 is 29.8 Å². The molecule has 0 aliphatic carbocycles. The van der Waals surface area contributed by atoms with Crippen LogP contribution in [0.1, 0.15) is 39.4 Å². The third-order valence-electron chi connectivity index (χ3n) is 4.03. The van der Waals surface area contributed by atoms with Crippen LogP contribution in [0, 0.1) is 5.92 Å². The van der Waals surface area contributed by atoms with Crippen molar-refractivity contribution < 1.29 is 23.5 Å². The van der Waals surface area contributed by atoms with Crippen LogP contribution in [0.5, 0.6) is 5.75 Å². The van der Waals surface area contributed by atoms with Gasteiger partial charge in [0.15, 0.2) is 0 Å². The number of nitrogens with zero attached hydrogens (tertiary/aromatic N) is 1. The number of methoxy groups -OCH3 is 1. The molecule has 1 aliphatic heterocycles. The Morgan fingerprint density at radius 2 is 1.87 bits per heavy atom. The van der Waals surface area contributed by atoms with Crippen molar-refractivity contribution in [1.29, 1.82) is 0 Å². The fraction of sp³-hybridized carbons (Fsp3) is 0.529. The molecule has 0 N–H and O–H groups in total. The zero-order valence-electron chi connectivity index (χ0n) is 14.0. The highest BCUT2D eigenvalue weighted by Crippen LogP contribution is 2.36. The van der Waals surface area contributed by atoms with Gasteiger partial charge in [0.05, 0.1) is 13.2 Å². The van der Waals surface area contributed by atoms with Crippen molar-refractivity contribution in [2.24, 2.45) is 5.92 Å². The molecule has 126 valence electrons. The van der Waals surface area contributed by atoms with Crippen molar-refractivity contribution >= 4 is 12.0 Å². The van der Waals surface area contributed by atoms with Gasteiger partial charge >= 0.3 is 6.09 Å². The van der Waals surface area contributed by atoms with Crippen LogP contribution in [0.2, 0.25) is 0 Å². The minimum Gasteiger partial charge on any atom is -0.497 e. The van der Waals surface area contributed by atoms with E-state index in [4.69, 9.17) is 9.47 Å². The molecule has 1 heterocycles. The van der Waals surface area contributed by atoms with Gasteiger partial charge in [-0.3, -0.25) is 4.79 Å². The molecule has 0 aromatic heterocycles. The van der Waals surface area contributed by atoms with Crippen molar-refractivity contribution in [1.82, 2.24) is 4.90 Å². The number of halogens is 1. The Morgan fingerprint density at radius 1 is 1.30 bits per heavy atom. The van der Waals surface area contributed by atoms with Crippen molar-refractivity contribution in [3.05, 3.63) is 29.8 Å². The second kappa shape index (κ2) is 6.18. The highest BCUT2D eigenvalue weighted by atomic mass is 19.1. The van der Waals surface area contributed by atoms with E-state index in [2.05, 4.69) is 0 Å². The molecular weight excluding hydrogens is 301 g/mol. The first kappa shape index (κ1) is 17.2. The molecule has 0 spiro atoms. The zero-order chi connectivity index (χ0) is 17.4. The second-order valence-corrected chi connectivity index (χ2v) is 6.50. The summed E-state index contributed by atoms with van der Waals surface area (Å²) in [6.07, 6.45) is -2.72. The number of hydrogen-bond acceptors (Lipinski definition) is 4. The van der Waals surface area contributed by atoms with Crippen molar-refractivity contribution in [2.75, 3.05) is 7.11 Å². The summed E-state index contributed by atoms with van der Waals surface area (Å²) in [7, 11) is 1.50. The topological polar surface area (TPSA) is 55.8 Å². The number of ether oxygens (including phenoxy) is 2. The highest BCUT2D eigenvalue weighted by molar-refractivity contribution is 5.97. The average molecular weight is 323 g/mol. The van der Waals surface area contributed by atoms with Crippen LogP contribution in [0.4, 0.5) is 9.18 Å². The van der Waals surface area contributed by atoms with Gasteiger partial charge in [-0.25, -0.2) is 14.1 Å². The van der Waals surface area contributed by atoms with E-state index in [0.717, 1.165) is 4.90 Å². The van der Waals surface area contributed by atoms with Gasteiger partial charge in [0, 0.05) is 0 Å². The van der Waals surface area contributed by atoms with Crippen molar-refractivity contribution in [3.63, 3.8) is 0 Å². The van der Waals surface area contributed by atoms with E-state index in [1.54, 1.807) is 26.0 Å². The van der Waals surface area contributed by atoms with Gasteiger partial charge in [-0.15, -0.1) is 0 Å². The summed E-state index contributed by atoms with van der Waals surface area (Å²) in [5.74, 6) is -0.386. The number of hydrogen-bond donors (Lipinski definition) is 0. The van der Waals surface area contributed by atoms with E-state index in [0.29, 0.717) is 5.75 Å². The number of benzene rings is 1. The molecule has 1 fully saturated rings. The minimum absolute atomic E-state index is 0.0523.